The number of hydrogen-bond acceptors (Lipinski definition) is 5. The van der Waals surface area contributed by atoms with Crippen molar-refractivity contribution in [3.8, 4) is 11.5 Å². The van der Waals surface area contributed by atoms with E-state index in [4.69, 9.17) is 14.6 Å². The molecule has 2 aromatic carbocycles. The molecule has 1 N–H and O–H groups in total. The number of piperidine rings is 1. The largest absolute Gasteiger partial charge is 0.489 e. The molecule has 200 valence electrons. The minimum absolute atomic E-state index is 0.264. The van der Waals surface area contributed by atoms with Crippen LogP contribution in [0.15, 0.2) is 35.9 Å². The molecule has 0 amide bonds. The summed E-state index contributed by atoms with van der Waals surface area (Å²) in [6, 6.07) is 9.98. The van der Waals surface area contributed by atoms with E-state index in [1.165, 1.54) is 37.3 Å². The maximum absolute atomic E-state index is 15.1. The van der Waals surface area contributed by atoms with Gasteiger partial charge in [0, 0.05) is 24.1 Å². The Morgan fingerprint density at radius 3 is 2.71 bits per heavy atom. The number of ether oxygens (including phenoxy) is 2. The molecule has 1 saturated heterocycles. The van der Waals surface area contributed by atoms with Crippen LogP contribution in [-0.2, 0) is 11.4 Å². The third-order valence-electron chi connectivity index (χ3n) is 8.22. The molecule has 0 radical (unpaired) electrons. The molecule has 1 aromatic heterocycles. The summed E-state index contributed by atoms with van der Waals surface area (Å²) in [7, 11) is 0. The van der Waals surface area contributed by atoms with Crippen molar-refractivity contribution in [2.24, 2.45) is 5.92 Å². The molecule has 3 aromatic rings. The van der Waals surface area contributed by atoms with E-state index < -0.39 is 5.97 Å². The fourth-order valence-corrected chi connectivity index (χ4v) is 6.07. The Bertz CT molecular complexity index is 1380. The Hall–Kier alpha value is -3.39. The fraction of sp³-hybridized carbons (Fsp3) is 0.467. The number of hydrogen-bond donors (Lipinski definition) is 1. The number of carboxylic acid groups (broad SMARTS) is 1. The van der Waals surface area contributed by atoms with Crippen LogP contribution in [0.1, 0.15) is 61.4 Å². The van der Waals surface area contributed by atoms with E-state index in [-0.39, 0.29) is 11.7 Å². The van der Waals surface area contributed by atoms with E-state index in [0.29, 0.717) is 55.7 Å². The van der Waals surface area contributed by atoms with Gasteiger partial charge in [0.25, 0.3) is 0 Å². The van der Waals surface area contributed by atoms with Crippen molar-refractivity contribution < 1.29 is 23.8 Å². The van der Waals surface area contributed by atoms with Gasteiger partial charge < -0.3 is 14.6 Å². The molecule has 1 saturated carbocycles. The lowest BCUT2D eigenvalue weighted by Gasteiger charge is -2.31. The third kappa shape index (κ3) is 5.01. The lowest BCUT2D eigenvalue weighted by atomic mass is 9.96. The van der Waals surface area contributed by atoms with Gasteiger partial charge in [0.15, 0.2) is 0 Å². The highest BCUT2D eigenvalue weighted by Crippen LogP contribution is 2.35. The highest BCUT2D eigenvalue weighted by Gasteiger charge is 2.26. The number of nitrogens with zero attached hydrogens (tertiary/aromatic N) is 3. The standard InChI is InChI=1S/C30H34FN3O4/c1-19-25-12-20(6-7-28(25)34(32-19)23-4-2-3-5-23)17-37-24-14-27(31)26-13-21(18-38-29(26)15-24)16-33-10-8-22(9-11-33)30(35)36/h6-7,12-15,22-23H,2-5,8-11,16-18H2,1H3,(H,35,36). The normalized spacial score (nSPS) is 18.8. The highest BCUT2D eigenvalue weighted by atomic mass is 19.1. The zero-order chi connectivity index (χ0) is 26.2. The number of carbonyl (C=O) groups is 1. The number of halogens is 1. The fourth-order valence-electron chi connectivity index (χ4n) is 6.07. The second-order valence-corrected chi connectivity index (χ2v) is 10.9. The molecular formula is C30H34FN3O4. The van der Waals surface area contributed by atoms with Crippen LogP contribution in [0.3, 0.4) is 0 Å². The zero-order valence-electron chi connectivity index (χ0n) is 21.8. The van der Waals surface area contributed by atoms with Crippen molar-refractivity contribution in [2.75, 3.05) is 26.2 Å². The molecular weight excluding hydrogens is 485 g/mol. The summed E-state index contributed by atoms with van der Waals surface area (Å²) in [6.45, 7) is 4.87. The van der Waals surface area contributed by atoms with Gasteiger partial charge in [-0.25, -0.2) is 4.39 Å². The first-order valence-electron chi connectivity index (χ1n) is 13.7. The van der Waals surface area contributed by atoms with Gasteiger partial charge in [0.1, 0.15) is 30.5 Å². The number of benzene rings is 2. The first kappa shape index (κ1) is 24.9. The Balaban J connectivity index is 1.11. The lowest BCUT2D eigenvalue weighted by molar-refractivity contribution is -0.143. The minimum Gasteiger partial charge on any atom is -0.489 e. The van der Waals surface area contributed by atoms with E-state index in [2.05, 4.69) is 34.7 Å². The number of aryl methyl sites for hydroxylation is 1. The van der Waals surface area contributed by atoms with Crippen molar-refractivity contribution in [3.63, 3.8) is 0 Å². The summed E-state index contributed by atoms with van der Waals surface area (Å²) in [4.78, 5) is 13.4. The van der Waals surface area contributed by atoms with Crippen LogP contribution in [0.2, 0.25) is 0 Å². The summed E-state index contributed by atoms with van der Waals surface area (Å²) >= 11 is 0. The molecule has 0 unspecified atom stereocenters. The maximum atomic E-state index is 15.1. The number of likely N-dealkylation sites (tertiary alicyclic amines) is 1. The summed E-state index contributed by atoms with van der Waals surface area (Å²) in [5.74, 6) is -0.432. The molecule has 0 spiro atoms. The maximum Gasteiger partial charge on any atom is 0.306 e. The van der Waals surface area contributed by atoms with Crippen molar-refractivity contribution in [2.45, 2.75) is 58.1 Å². The van der Waals surface area contributed by atoms with Crippen LogP contribution in [0.5, 0.6) is 11.5 Å². The minimum atomic E-state index is -0.718. The number of aliphatic carboxylic acids is 1. The van der Waals surface area contributed by atoms with Gasteiger partial charge in [-0.3, -0.25) is 14.4 Å². The average molecular weight is 520 g/mol. The Kier molecular flexibility index (Phi) is 6.82. The van der Waals surface area contributed by atoms with Crippen LogP contribution in [0, 0.1) is 18.7 Å². The average Bonchev–Trinajstić information content (AvgIpc) is 3.56. The first-order chi connectivity index (χ1) is 18.4. The Labute approximate surface area is 221 Å². The quantitative estimate of drug-likeness (QED) is 0.428. The SMILES string of the molecule is Cc1nn(C2CCCC2)c2ccc(COc3cc(F)c4c(c3)OCC(CN3CCC(C(=O)O)CC3)=C4)cc12. The molecule has 7 nitrogen and oxygen atoms in total. The predicted molar refractivity (Wildman–Crippen MR) is 143 cm³/mol. The number of aromatic nitrogens is 2. The molecule has 0 atom stereocenters. The Morgan fingerprint density at radius 1 is 1.16 bits per heavy atom. The van der Waals surface area contributed by atoms with Crippen molar-refractivity contribution in [1.82, 2.24) is 14.7 Å². The van der Waals surface area contributed by atoms with Crippen LogP contribution < -0.4 is 9.47 Å². The lowest BCUT2D eigenvalue weighted by Crippen LogP contribution is -2.38. The summed E-state index contributed by atoms with van der Waals surface area (Å²) in [6.07, 6.45) is 8.06. The molecule has 2 aliphatic heterocycles. The van der Waals surface area contributed by atoms with Gasteiger partial charge >= 0.3 is 5.97 Å². The van der Waals surface area contributed by atoms with Crippen molar-refractivity contribution in [1.29, 1.82) is 0 Å². The number of carboxylic acids is 1. The highest BCUT2D eigenvalue weighted by molar-refractivity contribution is 5.82. The van der Waals surface area contributed by atoms with Gasteiger partial charge in [-0.2, -0.15) is 5.10 Å². The summed E-state index contributed by atoms with van der Waals surface area (Å²) < 4.78 is 29.2. The second kappa shape index (κ2) is 10.4. The van der Waals surface area contributed by atoms with Gasteiger partial charge in [-0.05, 0) is 75.0 Å². The molecule has 3 aliphatic rings. The predicted octanol–water partition coefficient (Wildman–Crippen LogP) is 5.75. The van der Waals surface area contributed by atoms with E-state index in [9.17, 15) is 9.90 Å². The molecule has 1 aliphatic carbocycles. The third-order valence-corrected chi connectivity index (χ3v) is 8.22. The molecule has 3 heterocycles. The van der Waals surface area contributed by atoms with E-state index in [0.717, 1.165) is 35.3 Å². The van der Waals surface area contributed by atoms with Crippen LogP contribution in [-0.4, -0.2) is 52.0 Å². The van der Waals surface area contributed by atoms with Crippen LogP contribution >= 0.6 is 0 Å². The first-order valence-corrected chi connectivity index (χ1v) is 13.7. The van der Waals surface area contributed by atoms with Crippen molar-refractivity contribution in [3.05, 3.63) is 58.5 Å². The smallest absolute Gasteiger partial charge is 0.306 e. The van der Waals surface area contributed by atoms with E-state index >= 15 is 4.39 Å². The molecule has 38 heavy (non-hydrogen) atoms. The van der Waals surface area contributed by atoms with Gasteiger partial charge in [0.2, 0.25) is 0 Å². The topological polar surface area (TPSA) is 76.8 Å². The van der Waals surface area contributed by atoms with E-state index in [1.807, 2.05) is 6.08 Å². The second-order valence-electron chi connectivity index (χ2n) is 10.9. The molecule has 6 rings (SSSR count). The van der Waals surface area contributed by atoms with Gasteiger partial charge in [-0.1, -0.05) is 18.9 Å². The molecule has 2 fully saturated rings. The molecule has 0 bridgehead atoms. The molecule has 8 heteroatoms. The van der Waals surface area contributed by atoms with Crippen LogP contribution in [0.25, 0.3) is 17.0 Å². The Morgan fingerprint density at radius 2 is 1.95 bits per heavy atom. The van der Waals surface area contributed by atoms with Gasteiger partial charge in [-0.15, -0.1) is 0 Å². The van der Waals surface area contributed by atoms with E-state index in [1.54, 1.807) is 6.07 Å². The number of fused-ring (bicyclic) bond motifs is 2. The zero-order valence-corrected chi connectivity index (χ0v) is 21.8. The monoisotopic (exact) mass is 519 g/mol. The summed E-state index contributed by atoms with van der Waals surface area (Å²) in [5.41, 5.74) is 4.63. The van der Waals surface area contributed by atoms with Crippen LogP contribution in [0.4, 0.5) is 4.39 Å². The van der Waals surface area contributed by atoms with Gasteiger partial charge in [0.05, 0.1) is 28.7 Å². The number of rotatable bonds is 7. The van der Waals surface area contributed by atoms with Crippen molar-refractivity contribution >= 4 is 22.9 Å². The summed E-state index contributed by atoms with van der Waals surface area (Å²) in [5, 5.41) is 15.2.